The van der Waals surface area contributed by atoms with E-state index in [0.29, 0.717) is 12.0 Å². The summed E-state index contributed by atoms with van der Waals surface area (Å²) in [7, 11) is 1.32. The number of ketones is 2. The smallest absolute Gasteiger partial charge is 0.226 e. The number of fused-ring (bicyclic) bond motifs is 4. The maximum Gasteiger partial charge on any atom is 0.226 e. The highest BCUT2D eigenvalue weighted by Gasteiger charge is 2.58. The van der Waals surface area contributed by atoms with Gasteiger partial charge in [-0.1, -0.05) is 0 Å². The normalized spacial score (nSPS) is 39.2. The first kappa shape index (κ1) is 18.7. The van der Waals surface area contributed by atoms with Crippen LogP contribution < -0.4 is 5.32 Å². The van der Waals surface area contributed by atoms with Crippen LogP contribution in [0.3, 0.4) is 0 Å². The molecular formula is C18H24N2O7. The lowest BCUT2D eigenvalue weighted by Gasteiger charge is -2.52. The number of carbonyl (C=O) groups is 2. The van der Waals surface area contributed by atoms with Gasteiger partial charge in [-0.05, 0) is 19.8 Å². The first-order chi connectivity index (χ1) is 12.8. The predicted octanol–water partition coefficient (Wildman–Crippen LogP) is -2.22. The molecule has 2 fully saturated rings. The van der Waals surface area contributed by atoms with Crippen molar-refractivity contribution in [2.75, 3.05) is 13.7 Å². The third-order valence-electron chi connectivity index (χ3n) is 6.45. The fraction of sp³-hybridized carbons (Fsp3) is 0.667. The predicted molar refractivity (Wildman–Crippen MR) is 90.9 cm³/mol. The molecule has 0 aromatic heterocycles. The van der Waals surface area contributed by atoms with Crippen molar-refractivity contribution < 1.29 is 34.8 Å². The second kappa shape index (κ2) is 6.47. The second-order valence-electron chi connectivity index (χ2n) is 7.65. The zero-order valence-electron chi connectivity index (χ0n) is 15.1. The molecule has 27 heavy (non-hydrogen) atoms. The van der Waals surface area contributed by atoms with Crippen molar-refractivity contribution in [3.05, 3.63) is 22.5 Å². The minimum absolute atomic E-state index is 0.0353. The molecular weight excluding hydrogens is 356 g/mol. The van der Waals surface area contributed by atoms with E-state index in [1.54, 1.807) is 4.90 Å². The third kappa shape index (κ3) is 2.47. The lowest BCUT2D eigenvalue weighted by atomic mass is 9.75. The molecule has 2 saturated heterocycles. The molecule has 1 aliphatic carbocycles. The zero-order chi connectivity index (χ0) is 19.6. The molecule has 0 aromatic rings. The van der Waals surface area contributed by atoms with Crippen molar-refractivity contribution in [1.82, 2.24) is 10.2 Å². The van der Waals surface area contributed by atoms with E-state index in [-0.39, 0.29) is 35.2 Å². The van der Waals surface area contributed by atoms with Crippen molar-refractivity contribution >= 4 is 11.6 Å². The summed E-state index contributed by atoms with van der Waals surface area (Å²) in [6.07, 6.45) is -2.06. The quantitative estimate of drug-likeness (QED) is 0.272. The van der Waals surface area contributed by atoms with E-state index in [4.69, 9.17) is 4.74 Å². The van der Waals surface area contributed by atoms with Crippen LogP contribution in [0.4, 0.5) is 0 Å². The average molecular weight is 380 g/mol. The summed E-state index contributed by atoms with van der Waals surface area (Å²) in [5, 5.41) is 43.6. The number of allylic oxidation sites excluding steroid dienone is 2. The van der Waals surface area contributed by atoms with Gasteiger partial charge in [-0.2, -0.15) is 0 Å². The Morgan fingerprint density at radius 2 is 2.00 bits per heavy atom. The van der Waals surface area contributed by atoms with E-state index in [9.17, 15) is 30.0 Å². The van der Waals surface area contributed by atoms with E-state index in [1.807, 2.05) is 0 Å². The number of nitrogens with zero attached hydrogens (tertiary/aromatic N) is 1. The Kier molecular flexibility index (Phi) is 4.49. The monoisotopic (exact) mass is 380 g/mol. The molecule has 9 nitrogen and oxygen atoms in total. The van der Waals surface area contributed by atoms with E-state index in [2.05, 4.69) is 5.32 Å². The Morgan fingerprint density at radius 3 is 2.59 bits per heavy atom. The van der Waals surface area contributed by atoms with Gasteiger partial charge in [0.05, 0.1) is 19.8 Å². The highest BCUT2D eigenvalue weighted by atomic mass is 16.5. The Balaban J connectivity index is 1.81. The van der Waals surface area contributed by atoms with Gasteiger partial charge in [0.25, 0.3) is 0 Å². The molecule has 0 amide bonds. The summed E-state index contributed by atoms with van der Waals surface area (Å²) in [4.78, 5) is 27.5. The Bertz CT molecular complexity index is 759. The number of rotatable bonds is 3. The third-order valence-corrected chi connectivity index (χ3v) is 6.45. The SMILES string of the molecule is COC1=C(C)C(=O)C2=C(C1=O)C(CO)N1[C@@H](C2)C2N[C@@H](C[C@H]2C(O)O)[C@@H]1O. The van der Waals surface area contributed by atoms with Gasteiger partial charge in [0, 0.05) is 40.8 Å². The van der Waals surface area contributed by atoms with Gasteiger partial charge in [-0.15, -0.1) is 0 Å². The van der Waals surface area contributed by atoms with Crippen molar-refractivity contribution in [2.45, 2.75) is 56.5 Å². The Labute approximate surface area is 155 Å². The number of ether oxygens (including phenoxy) is 1. The van der Waals surface area contributed by atoms with Crippen LogP contribution in [0.25, 0.3) is 0 Å². The minimum Gasteiger partial charge on any atom is -0.492 e. The molecule has 2 bridgehead atoms. The highest BCUT2D eigenvalue weighted by molar-refractivity contribution is 6.24. The largest absolute Gasteiger partial charge is 0.492 e. The number of piperazine rings is 1. The zero-order valence-corrected chi connectivity index (χ0v) is 15.1. The molecule has 4 rings (SSSR count). The molecule has 0 spiro atoms. The first-order valence-electron chi connectivity index (χ1n) is 9.07. The molecule has 148 valence electrons. The maximum atomic E-state index is 12.9. The van der Waals surface area contributed by atoms with Crippen LogP contribution in [-0.4, -0.2) is 87.3 Å². The molecule has 4 aliphatic rings. The number of methoxy groups -OCH3 is 1. The van der Waals surface area contributed by atoms with Crippen LogP contribution in [0.1, 0.15) is 19.8 Å². The van der Waals surface area contributed by atoms with Gasteiger partial charge in [-0.25, -0.2) is 0 Å². The van der Waals surface area contributed by atoms with Crippen molar-refractivity contribution in [1.29, 1.82) is 0 Å². The second-order valence-corrected chi connectivity index (χ2v) is 7.65. The van der Waals surface area contributed by atoms with Gasteiger partial charge in [0.1, 0.15) is 6.23 Å². The number of aliphatic hydroxyl groups is 4. The Hall–Kier alpha value is -1.62. The fourth-order valence-corrected chi connectivity index (χ4v) is 5.25. The van der Waals surface area contributed by atoms with Crippen LogP contribution in [0, 0.1) is 5.92 Å². The number of Topliss-reactive ketones (excluding diaryl/α,β-unsaturated/α-hetero) is 2. The lowest BCUT2D eigenvalue weighted by Crippen LogP contribution is -2.69. The van der Waals surface area contributed by atoms with Gasteiger partial charge >= 0.3 is 0 Å². The number of nitrogens with one attached hydrogen (secondary N) is 1. The molecule has 5 N–H and O–H groups in total. The molecule has 0 radical (unpaired) electrons. The van der Waals surface area contributed by atoms with Gasteiger partial charge in [0.15, 0.2) is 17.8 Å². The van der Waals surface area contributed by atoms with Crippen LogP contribution in [0.2, 0.25) is 0 Å². The van der Waals surface area contributed by atoms with Crippen LogP contribution in [0.5, 0.6) is 0 Å². The first-order valence-corrected chi connectivity index (χ1v) is 9.07. The average Bonchev–Trinajstić information content (AvgIpc) is 3.05. The highest BCUT2D eigenvalue weighted by Crippen LogP contribution is 2.45. The molecule has 2 unspecified atom stereocenters. The van der Waals surface area contributed by atoms with Crippen molar-refractivity contribution in [3.63, 3.8) is 0 Å². The number of aliphatic hydroxyl groups excluding tert-OH is 3. The van der Waals surface area contributed by atoms with Crippen LogP contribution in [-0.2, 0) is 14.3 Å². The summed E-state index contributed by atoms with van der Waals surface area (Å²) in [5.74, 6) is -1.30. The van der Waals surface area contributed by atoms with E-state index < -0.39 is 49.0 Å². The fourth-order valence-electron chi connectivity index (χ4n) is 5.25. The number of carbonyl (C=O) groups excluding carboxylic acids is 2. The van der Waals surface area contributed by atoms with Crippen molar-refractivity contribution in [2.24, 2.45) is 5.92 Å². The van der Waals surface area contributed by atoms with Crippen molar-refractivity contribution in [3.8, 4) is 0 Å². The summed E-state index contributed by atoms with van der Waals surface area (Å²) < 4.78 is 5.13. The van der Waals surface area contributed by atoms with E-state index >= 15 is 0 Å². The summed E-state index contributed by atoms with van der Waals surface area (Å²) in [6, 6.07) is -2.10. The maximum absolute atomic E-state index is 12.9. The van der Waals surface area contributed by atoms with E-state index in [1.165, 1.54) is 14.0 Å². The Morgan fingerprint density at radius 1 is 1.30 bits per heavy atom. The molecule has 3 heterocycles. The van der Waals surface area contributed by atoms with Gasteiger partial charge < -0.3 is 30.5 Å². The number of hydrogen-bond donors (Lipinski definition) is 5. The van der Waals surface area contributed by atoms with E-state index in [0.717, 1.165) is 0 Å². The van der Waals surface area contributed by atoms with Gasteiger partial charge in [-0.3, -0.25) is 14.5 Å². The summed E-state index contributed by atoms with van der Waals surface area (Å²) >= 11 is 0. The topological polar surface area (TPSA) is 140 Å². The number of hydrogen-bond acceptors (Lipinski definition) is 9. The molecule has 9 heteroatoms. The molecule has 0 saturated carbocycles. The van der Waals surface area contributed by atoms with Crippen LogP contribution in [0.15, 0.2) is 22.5 Å². The summed E-state index contributed by atoms with van der Waals surface area (Å²) in [5.41, 5.74) is 0.700. The van der Waals surface area contributed by atoms with Gasteiger partial charge in [0.2, 0.25) is 5.78 Å². The van der Waals surface area contributed by atoms with Crippen LogP contribution >= 0.6 is 0 Å². The summed E-state index contributed by atoms with van der Waals surface area (Å²) in [6.45, 7) is 1.08. The lowest BCUT2D eigenvalue weighted by molar-refractivity contribution is -0.131. The minimum atomic E-state index is -1.56. The standard InChI is InChI=1S/C18H24N2O7/c1-6-14(22)7-4-10-13-8(18(25)26)3-9(19-13)17(24)20(10)11(5-21)12(7)15(23)16(6)27-2/h8-11,13,17-19,21,24-26H,3-5H2,1-2H3/t8-,9+,10+,11?,13?,17+/m1/s1. The molecule has 3 aliphatic heterocycles. The molecule has 6 atom stereocenters. The molecule has 0 aromatic carbocycles.